The van der Waals surface area contributed by atoms with E-state index in [0.717, 1.165) is 0 Å². The summed E-state index contributed by atoms with van der Waals surface area (Å²) in [5, 5.41) is 22.9. The average molecular weight is 468 g/mol. The molecule has 2 rings (SSSR count). The lowest BCUT2D eigenvalue weighted by atomic mass is 10.3. The van der Waals surface area contributed by atoms with Gasteiger partial charge in [-0.05, 0) is 51.4 Å². The molecule has 1 heterocycles. The van der Waals surface area contributed by atoms with Gasteiger partial charge in [0.2, 0.25) is 15.9 Å². The summed E-state index contributed by atoms with van der Waals surface area (Å²) in [5.41, 5.74) is 0.581. The Hall–Kier alpha value is -1.70. The number of hydrogen-bond donors (Lipinski definition) is 3. The zero-order valence-electron chi connectivity index (χ0n) is 13.4. The van der Waals surface area contributed by atoms with Crippen LogP contribution in [0.25, 0.3) is 0 Å². The number of sulfonamides is 1. The van der Waals surface area contributed by atoms with Gasteiger partial charge in [-0.15, -0.1) is 0 Å². The maximum atomic E-state index is 13.3. The third-order valence-corrected chi connectivity index (χ3v) is 5.97. The van der Waals surface area contributed by atoms with Gasteiger partial charge in [-0.25, -0.2) is 22.2 Å². The molecule has 0 spiro atoms. The molecule has 0 aliphatic heterocycles. The van der Waals surface area contributed by atoms with Crippen LogP contribution < -0.4 is 10.0 Å². The zero-order chi connectivity index (χ0) is 19.2. The third-order valence-electron chi connectivity index (χ3n) is 3.01. The number of rotatable bonds is 8. The van der Waals surface area contributed by atoms with Gasteiger partial charge in [-0.2, -0.15) is 0 Å². The summed E-state index contributed by atoms with van der Waals surface area (Å²) >= 11 is 4.23. The van der Waals surface area contributed by atoms with E-state index >= 15 is 0 Å². The van der Waals surface area contributed by atoms with Gasteiger partial charge < -0.3 is 10.5 Å². The van der Waals surface area contributed by atoms with E-state index in [4.69, 9.17) is 0 Å². The second-order valence-corrected chi connectivity index (χ2v) is 8.80. The SMILES string of the molecule is CCS(=O)(=O)NCCSc1nonc1/C(=N/O)Nc1ccc(F)c(Br)c1. The molecular weight excluding hydrogens is 453 g/mol. The van der Waals surface area contributed by atoms with Crippen molar-refractivity contribution in [3.8, 4) is 0 Å². The van der Waals surface area contributed by atoms with Crippen LogP contribution in [0.15, 0.2) is 37.5 Å². The number of amidine groups is 1. The van der Waals surface area contributed by atoms with Crippen molar-refractivity contribution in [3.63, 3.8) is 0 Å². The van der Waals surface area contributed by atoms with Gasteiger partial charge in [-0.3, -0.25) is 0 Å². The molecule has 3 N–H and O–H groups in total. The van der Waals surface area contributed by atoms with Crippen molar-refractivity contribution in [1.29, 1.82) is 0 Å². The van der Waals surface area contributed by atoms with Crippen LogP contribution in [-0.4, -0.2) is 47.8 Å². The van der Waals surface area contributed by atoms with Crippen LogP contribution in [0.2, 0.25) is 0 Å². The molecule has 0 saturated heterocycles. The van der Waals surface area contributed by atoms with Crippen molar-refractivity contribution >= 4 is 49.2 Å². The Labute approximate surface area is 161 Å². The van der Waals surface area contributed by atoms with E-state index in [-0.39, 0.29) is 28.3 Å². The maximum absolute atomic E-state index is 13.3. The first-order valence-corrected chi connectivity index (χ1v) is 10.7. The number of benzene rings is 1. The summed E-state index contributed by atoms with van der Waals surface area (Å²) in [6.45, 7) is 1.73. The zero-order valence-corrected chi connectivity index (χ0v) is 16.7. The molecular formula is C13H15BrFN5O4S2. The lowest BCUT2D eigenvalue weighted by Gasteiger charge is -2.07. The number of halogens is 2. The highest BCUT2D eigenvalue weighted by Crippen LogP contribution is 2.23. The van der Waals surface area contributed by atoms with Crippen LogP contribution in [0, 0.1) is 5.82 Å². The van der Waals surface area contributed by atoms with E-state index in [1.165, 1.54) is 30.0 Å². The lowest BCUT2D eigenvalue weighted by molar-refractivity contribution is 0.297. The monoisotopic (exact) mass is 467 g/mol. The van der Waals surface area contributed by atoms with Gasteiger partial charge in [-0.1, -0.05) is 16.9 Å². The first-order valence-electron chi connectivity index (χ1n) is 7.23. The van der Waals surface area contributed by atoms with E-state index in [0.29, 0.717) is 16.5 Å². The minimum atomic E-state index is -3.27. The Balaban J connectivity index is 2.03. The molecule has 0 radical (unpaired) electrons. The van der Waals surface area contributed by atoms with Crippen molar-refractivity contribution in [1.82, 2.24) is 15.0 Å². The first-order chi connectivity index (χ1) is 12.4. The highest BCUT2D eigenvalue weighted by molar-refractivity contribution is 9.10. The fourth-order valence-electron chi connectivity index (χ4n) is 1.71. The van der Waals surface area contributed by atoms with Crippen molar-refractivity contribution < 1.29 is 22.6 Å². The smallest absolute Gasteiger partial charge is 0.211 e. The fraction of sp³-hybridized carbons (Fsp3) is 0.308. The molecule has 0 atom stereocenters. The summed E-state index contributed by atoms with van der Waals surface area (Å²) < 4.78 is 43.4. The Morgan fingerprint density at radius 1 is 1.46 bits per heavy atom. The minimum absolute atomic E-state index is 0.00704. The van der Waals surface area contributed by atoms with Gasteiger partial charge in [0.05, 0.1) is 10.2 Å². The Kier molecular flexibility index (Phi) is 7.37. The Bertz CT molecular complexity index is 890. The second kappa shape index (κ2) is 9.30. The average Bonchev–Trinajstić information content (AvgIpc) is 3.08. The van der Waals surface area contributed by atoms with E-state index in [1.807, 2.05) is 0 Å². The van der Waals surface area contributed by atoms with Crippen LogP contribution in [0.5, 0.6) is 0 Å². The van der Waals surface area contributed by atoms with Crippen molar-refractivity contribution in [3.05, 3.63) is 34.2 Å². The van der Waals surface area contributed by atoms with Crippen LogP contribution in [-0.2, 0) is 10.0 Å². The highest BCUT2D eigenvalue weighted by Gasteiger charge is 2.18. The van der Waals surface area contributed by atoms with Gasteiger partial charge >= 0.3 is 0 Å². The molecule has 0 saturated carbocycles. The van der Waals surface area contributed by atoms with E-state index < -0.39 is 15.8 Å². The first kappa shape index (κ1) is 20.6. The molecule has 0 unspecified atom stereocenters. The largest absolute Gasteiger partial charge is 0.409 e. The lowest BCUT2D eigenvalue weighted by Crippen LogP contribution is -2.27. The molecule has 13 heteroatoms. The summed E-state index contributed by atoms with van der Waals surface area (Å²) in [6, 6.07) is 4.14. The minimum Gasteiger partial charge on any atom is -0.409 e. The topological polar surface area (TPSA) is 130 Å². The second-order valence-electron chi connectivity index (χ2n) is 4.77. The molecule has 26 heavy (non-hydrogen) atoms. The Morgan fingerprint density at radius 3 is 2.88 bits per heavy atom. The standard InChI is InChI=1S/C13H15BrFN5O4S2/c1-2-26(22,23)16-5-6-25-13-11(19-24-20-13)12(18-21)17-8-3-4-10(15)9(14)7-8/h3-4,7,16,21H,2,5-6H2,1H3,(H,17,18). The summed E-state index contributed by atoms with van der Waals surface area (Å²) in [4.78, 5) is 0. The molecule has 1 aromatic heterocycles. The molecule has 1 aromatic carbocycles. The van der Waals surface area contributed by atoms with E-state index in [9.17, 15) is 18.0 Å². The fourth-order valence-corrected chi connectivity index (χ4v) is 3.59. The van der Waals surface area contributed by atoms with Gasteiger partial charge in [0.1, 0.15) is 5.82 Å². The van der Waals surface area contributed by atoms with Crippen LogP contribution in [0.3, 0.4) is 0 Å². The summed E-state index contributed by atoms with van der Waals surface area (Å²) in [6.07, 6.45) is 0. The third kappa shape index (κ3) is 5.65. The number of nitrogens with zero attached hydrogens (tertiary/aromatic N) is 3. The number of aromatic nitrogens is 2. The Morgan fingerprint density at radius 2 is 2.23 bits per heavy atom. The molecule has 9 nitrogen and oxygen atoms in total. The summed E-state index contributed by atoms with van der Waals surface area (Å²) in [5.74, 6) is -0.137. The maximum Gasteiger partial charge on any atom is 0.211 e. The molecule has 0 aliphatic rings. The van der Waals surface area contributed by atoms with E-state index in [1.54, 1.807) is 6.92 Å². The van der Waals surface area contributed by atoms with Gasteiger partial charge in [0.25, 0.3) is 0 Å². The quantitative estimate of drug-likeness (QED) is 0.134. The number of thioether (sulfide) groups is 1. The molecule has 0 bridgehead atoms. The molecule has 142 valence electrons. The highest BCUT2D eigenvalue weighted by atomic mass is 79.9. The van der Waals surface area contributed by atoms with Gasteiger partial charge in [0, 0.05) is 18.0 Å². The number of anilines is 1. The van der Waals surface area contributed by atoms with Crippen molar-refractivity contribution in [2.75, 3.05) is 23.4 Å². The number of hydrogen-bond acceptors (Lipinski definition) is 8. The van der Waals surface area contributed by atoms with Crippen LogP contribution in [0.4, 0.5) is 10.1 Å². The van der Waals surface area contributed by atoms with Crippen molar-refractivity contribution in [2.24, 2.45) is 5.16 Å². The van der Waals surface area contributed by atoms with Gasteiger partial charge in [0.15, 0.2) is 10.7 Å². The molecule has 0 fully saturated rings. The number of oxime groups is 1. The van der Waals surface area contributed by atoms with E-state index in [2.05, 4.69) is 46.1 Å². The predicted molar refractivity (Wildman–Crippen MR) is 98.5 cm³/mol. The van der Waals surface area contributed by atoms with Crippen LogP contribution in [0.1, 0.15) is 12.6 Å². The number of nitrogens with one attached hydrogen (secondary N) is 2. The normalized spacial score (nSPS) is 12.3. The molecule has 0 amide bonds. The predicted octanol–water partition coefficient (Wildman–Crippen LogP) is 2.25. The van der Waals surface area contributed by atoms with Crippen molar-refractivity contribution in [2.45, 2.75) is 11.9 Å². The van der Waals surface area contributed by atoms with Crippen LogP contribution >= 0.6 is 27.7 Å². The summed E-state index contributed by atoms with van der Waals surface area (Å²) in [7, 11) is -3.27. The molecule has 0 aliphatic carbocycles. The molecule has 2 aromatic rings.